The van der Waals surface area contributed by atoms with Crippen molar-refractivity contribution in [2.45, 2.75) is 6.92 Å². The molecule has 104 valence electrons. The molecule has 0 unspecified atom stereocenters. The normalized spacial score (nSPS) is 11.0. The molecule has 0 bridgehead atoms. The summed E-state index contributed by atoms with van der Waals surface area (Å²) in [6.45, 7) is 5.45. The summed E-state index contributed by atoms with van der Waals surface area (Å²) >= 11 is 0. The molecule has 0 aliphatic heterocycles. The molecule has 0 saturated carbocycles. The molecular weight excluding hydrogens is 268 g/mol. The van der Waals surface area contributed by atoms with Crippen molar-refractivity contribution in [3.63, 3.8) is 0 Å². The lowest BCUT2D eigenvalue weighted by Gasteiger charge is -2.05. The molecule has 1 nitrogen and oxygen atoms in total. The number of allylic oxidation sites excluding steroid dienone is 1. The molecule has 0 aliphatic rings. The summed E-state index contributed by atoms with van der Waals surface area (Å²) < 4.78 is 27.2. The van der Waals surface area contributed by atoms with Crippen molar-refractivity contribution in [3.05, 3.63) is 76.9 Å². The Morgan fingerprint density at radius 1 is 1.10 bits per heavy atom. The second-order valence-electron chi connectivity index (χ2n) is 4.62. The highest BCUT2D eigenvalue weighted by Gasteiger charge is 2.11. The quantitative estimate of drug-likeness (QED) is 0.723. The fraction of sp³-hybridized carbons (Fsp3) is 0.0556. The van der Waals surface area contributed by atoms with E-state index >= 15 is 0 Å². The van der Waals surface area contributed by atoms with Gasteiger partial charge in [0.25, 0.3) is 0 Å². The minimum absolute atomic E-state index is 0.414. The van der Waals surface area contributed by atoms with Crippen molar-refractivity contribution < 1.29 is 8.78 Å². The number of hydrogen-bond acceptors (Lipinski definition) is 1. The molecule has 0 spiro atoms. The lowest BCUT2D eigenvalue weighted by atomic mass is 10.0. The lowest BCUT2D eigenvalue weighted by Crippen LogP contribution is -1.93. The summed E-state index contributed by atoms with van der Waals surface area (Å²) in [5.74, 6) is -1.69. The van der Waals surface area contributed by atoms with Crippen LogP contribution in [0.2, 0.25) is 0 Å². The number of halogens is 2. The van der Waals surface area contributed by atoms with Gasteiger partial charge in [0.15, 0.2) is 0 Å². The number of rotatable bonds is 3. The molecule has 0 saturated heterocycles. The largest absolute Gasteiger partial charge is 0.205 e. The van der Waals surface area contributed by atoms with Gasteiger partial charge in [0.1, 0.15) is 23.3 Å². The number of nitriles is 1. The average Bonchev–Trinajstić information content (AvgIpc) is 2.47. The van der Waals surface area contributed by atoms with Crippen molar-refractivity contribution in [3.8, 4) is 6.07 Å². The molecule has 0 aliphatic carbocycles. The molecule has 0 fully saturated rings. The third-order valence-electron chi connectivity index (χ3n) is 3.16. The number of hydrogen-bond donors (Lipinski definition) is 0. The van der Waals surface area contributed by atoms with E-state index in [0.717, 1.165) is 11.1 Å². The lowest BCUT2D eigenvalue weighted by molar-refractivity contribution is 0.576. The van der Waals surface area contributed by atoms with Gasteiger partial charge in [-0.25, -0.2) is 8.78 Å². The Kier molecular flexibility index (Phi) is 4.30. The minimum atomic E-state index is -0.845. The Balaban J connectivity index is 2.39. The van der Waals surface area contributed by atoms with Crippen molar-refractivity contribution in [1.82, 2.24) is 0 Å². The summed E-state index contributed by atoms with van der Waals surface area (Å²) in [4.78, 5) is 0. The van der Waals surface area contributed by atoms with Crippen LogP contribution in [-0.4, -0.2) is 0 Å². The average molecular weight is 281 g/mol. The molecule has 21 heavy (non-hydrogen) atoms. The van der Waals surface area contributed by atoms with Crippen LogP contribution in [-0.2, 0) is 0 Å². The maximum Gasteiger partial charge on any atom is 0.144 e. The highest BCUT2D eigenvalue weighted by Crippen LogP contribution is 2.22. The summed E-state index contributed by atoms with van der Waals surface area (Å²) in [6, 6.07) is 11.5. The molecule has 0 heterocycles. The van der Waals surface area contributed by atoms with Gasteiger partial charge in [-0.1, -0.05) is 43.0 Å². The summed E-state index contributed by atoms with van der Waals surface area (Å²) in [6.07, 6.45) is 3.57. The third-order valence-corrected chi connectivity index (χ3v) is 3.16. The first-order valence-corrected chi connectivity index (χ1v) is 6.35. The van der Waals surface area contributed by atoms with E-state index in [0.29, 0.717) is 11.1 Å². The van der Waals surface area contributed by atoms with Crippen LogP contribution in [0.15, 0.2) is 43.0 Å². The summed E-state index contributed by atoms with van der Waals surface area (Å²) in [5, 5.41) is 8.66. The van der Waals surface area contributed by atoms with Gasteiger partial charge in [-0.2, -0.15) is 5.26 Å². The predicted molar refractivity (Wildman–Crippen MR) is 81.2 cm³/mol. The van der Waals surface area contributed by atoms with E-state index < -0.39 is 17.2 Å². The van der Waals surface area contributed by atoms with Gasteiger partial charge in [0.05, 0.1) is 0 Å². The van der Waals surface area contributed by atoms with Crippen LogP contribution in [0, 0.1) is 23.0 Å². The molecule has 2 aromatic carbocycles. The van der Waals surface area contributed by atoms with Gasteiger partial charge >= 0.3 is 0 Å². The molecule has 0 N–H and O–H groups in total. The van der Waals surface area contributed by atoms with Gasteiger partial charge in [0.2, 0.25) is 0 Å². The number of nitrogens with zero attached hydrogens (tertiary/aromatic N) is 1. The van der Waals surface area contributed by atoms with Gasteiger partial charge in [-0.05, 0) is 41.3 Å². The smallest absolute Gasteiger partial charge is 0.144 e. The second kappa shape index (κ2) is 6.15. The van der Waals surface area contributed by atoms with Crippen molar-refractivity contribution in [1.29, 1.82) is 5.26 Å². The first-order valence-electron chi connectivity index (χ1n) is 6.35. The zero-order valence-corrected chi connectivity index (χ0v) is 11.5. The van der Waals surface area contributed by atoms with Crippen molar-refractivity contribution >= 4 is 17.7 Å². The Morgan fingerprint density at radius 3 is 2.10 bits per heavy atom. The van der Waals surface area contributed by atoms with Gasteiger partial charge in [-0.3, -0.25) is 0 Å². The molecule has 0 amide bonds. The van der Waals surface area contributed by atoms with Crippen LogP contribution in [0.4, 0.5) is 8.78 Å². The second-order valence-corrected chi connectivity index (χ2v) is 4.62. The third kappa shape index (κ3) is 3.24. The van der Waals surface area contributed by atoms with Crippen LogP contribution in [0.3, 0.4) is 0 Å². The fourth-order valence-electron chi connectivity index (χ4n) is 1.97. The standard InChI is InChI=1S/C18H13F2N/c1-3-13-4-6-14(7-5-13)8-12(2)15-9-17(19)16(11-21)18(20)10-15/h3-10H,1H2,2H3. The van der Waals surface area contributed by atoms with E-state index in [1.165, 1.54) is 18.2 Å². The molecule has 0 radical (unpaired) electrons. The molecular formula is C18H13F2N. The van der Waals surface area contributed by atoms with E-state index in [-0.39, 0.29) is 0 Å². The topological polar surface area (TPSA) is 23.8 Å². The Hall–Kier alpha value is -2.73. The first-order chi connectivity index (χ1) is 10.0. The van der Waals surface area contributed by atoms with Gasteiger partial charge < -0.3 is 0 Å². The zero-order chi connectivity index (χ0) is 15.4. The first kappa shape index (κ1) is 14.7. The van der Waals surface area contributed by atoms with Crippen LogP contribution >= 0.6 is 0 Å². The van der Waals surface area contributed by atoms with Gasteiger partial charge in [0, 0.05) is 0 Å². The molecule has 2 aromatic rings. The summed E-state index contributed by atoms with van der Waals surface area (Å²) in [7, 11) is 0. The van der Waals surface area contributed by atoms with E-state index in [1.807, 2.05) is 30.3 Å². The van der Waals surface area contributed by atoms with Crippen LogP contribution in [0.1, 0.15) is 29.2 Å². The highest BCUT2D eigenvalue weighted by atomic mass is 19.1. The van der Waals surface area contributed by atoms with Crippen molar-refractivity contribution in [2.24, 2.45) is 0 Å². The Morgan fingerprint density at radius 2 is 1.62 bits per heavy atom. The maximum atomic E-state index is 13.6. The zero-order valence-electron chi connectivity index (χ0n) is 11.5. The molecule has 0 atom stereocenters. The van der Waals surface area contributed by atoms with E-state index in [1.54, 1.807) is 13.0 Å². The Bertz CT molecular complexity index is 727. The van der Waals surface area contributed by atoms with Gasteiger partial charge in [-0.15, -0.1) is 0 Å². The highest BCUT2D eigenvalue weighted by molar-refractivity contribution is 5.80. The van der Waals surface area contributed by atoms with Crippen molar-refractivity contribution in [2.75, 3.05) is 0 Å². The fourth-order valence-corrected chi connectivity index (χ4v) is 1.97. The molecule has 2 rings (SSSR count). The maximum absolute atomic E-state index is 13.6. The SMILES string of the molecule is C=Cc1ccc(C=C(C)c2cc(F)c(C#N)c(F)c2)cc1. The van der Waals surface area contributed by atoms with E-state index in [2.05, 4.69) is 6.58 Å². The Labute approximate surface area is 122 Å². The van der Waals surface area contributed by atoms with Crippen LogP contribution < -0.4 is 0 Å². The summed E-state index contributed by atoms with van der Waals surface area (Å²) in [5.41, 5.74) is 2.49. The monoisotopic (exact) mass is 281 g/mol. The van der Waals surface area contributed by atoms with Crippen LogP contribution in [0.25, 0.3) is 17.7 Å². The molecule has 0 aromatic heterocycles. The van der Waals surface area contributed by atoms with Crippen LogP contribution in [0.5, 0.6) is 0 Å². The predicted octanol–water partition coefficient (Wildman–Crippen LogP) is 5.04. The molecule has 3 heteroatoms. The van der Waals surface area contributed by atoms with E-state index in [9.17, 15) is 8.78 Å². The minimum Gasteiger partial charge on any atom is -0.205 e. The van der Waals surface area contributed by atoms with E-state index in [4.69, 9.17) is 5.26 Å². The number of benzene rings is 2.